The van der Waals surface area contributed by atoms with E-state index in [4.69, 9.17) is 9.47 Å². The summed E-state index contributed by atoms with van der Waals surface area (Å²) < 4.78 is 52.4. The number of carbonyl (C=O) groups is 1. The van der Waals surface area contributed by atoms with Crippen molar-refractivity contribution < 1.29 is 32.2 Å². The molecule has 0 saturated heterocycles. The summed E-state index contributed by atoms with van der Waals surface area (Å²) in [6, 6.07) is 15.1. The Morgan fingerprint density at radius 3 is 2.24 bits per heavy atom. The highest BCUT2D eigenvalue weighted by Crippen LogP contribution is 2.29. The van der Waals surface area contributed by atoms with E-state index >= 15 is 0 Å². The van der Waals surface area contributed by atoms with Crippen molar-refractivity contribution in [2.24, 2.45) is 0 Å². The molecule has 6 nitrogen and oxygen atoms in total. The zero-order valence-electron chi connectivity index (χ0n) is 19.1. The number of aromatic nitrogens is 1. The molecule has 0 aliphatic carbocycles. The molecule has 180 valence electrons. The number of ether oxygens (including phenoxy) is 3. The second-order valence-electron chi connectivity index (χ2n) is 7.80. The smallest absolute Gasteiger partial charge is 0.457 e. The monoisotopic (exact) mass is 474 g/mol. The summed E-state index contributed by atoms with van der Waals surface area (Å²) in [7, 11) is 0. The summed E-state index contributed by atoms with van der Waals surface area (Å²) in [4.78, 5) is 17.2. The number of nitrogens with zero attached hydrogens (tertiary/aromatic N) is 1. The van der Waals surface area contributed by atoms with E-state index < -0.39 is 6.36 Å². The van der Waals surface area contributed by atoms with Crippen LogP contribution in [0.4, 0.5) is 18.9 Å². The molecule has 0 aliphatic heterocycles. The molecule has 0 aliphatic rings. The minimum Gasteiger partial charge on any atom is -0.457 e. The van der Waals surface area contributed by atoms with Crippen LogP contribution < -0.4 is 14.8 Å². The van der Waals surface area contributed by atoms with Gasteiger partial charge in [0, 0.05) is 11.8 Å². The predicted octanol–water partition coefficient (Wildman–Crippen LogP) is 6.82. The van der Waals surface area contributed by atoms with E-state index in [1.54, 1.807) is 43.3 Å². The van der Waals surface area contributed by atoms with Crippen LogP contribution in [-0.4, -0.2) is 23.4 Å². The first-order valence-corrected chi connectivity index (χ1v) is 10.6. The highest BCUT2D eigenvalue weighted by molar-refractivity contribution is 6.05. The van der Waals surface area contributed by atoms with E-state index in [1.165, 1.54) is 18.2 Å². The second-order valence-corrected chi connectivity index (χ2v) is 7.80. The van der Waals surface area contributed by atoms with Crippen LogP contribution in [0.15, 0.2) is 60.7 Å². The molecule has 3 rings (SSSR count). The third kappa shape index (κ3) is 7.21. The minimum atomic E-state index is -4.78. The fraction of sp³-hybridized carbons (Fsp3) is 0.280. The Kier molecular flexibility index (Phi) is 7.78. The van der Waals surface area contributed by atoms with Gasteiger partial charge in [-0.2, -0.15) is 0 Å². The van der Waals surface area contributed by atoms with E-state index in [-0.39, 0.29) is 29.6 Å². The number of hydrogen-bond acceptors (Lipinski definition) is 5. The Labute approximate surface area is 195 Å². The second kappa shape index (κ2) is 10.6. The van der Waals surface area contributed by atoms with Gasteiger partial charge >= 0.3 is 6.36 Å². The van der Waals surface area contributed by atoms with E-state index in [1.807, 2.05) is 20.8 Å². The van der Waals surface area contributed by atoms with Crippen LogP contribution in [0.2, 0.25) is 0 Å². The molecule has 0 fully saturated rings. The molecule has 1 N–H and O–H groups in total. The molecule has 1 amide bonds. The van der Waals surface area contributed by atoms with Crippen LogP contribution in [-0.2, 0) is 4.74 Å². The molecule has 3 aromatic rings. The first-order valence-electron chi connectivity index (χ1n) is 10.6. The molecule has 1 unspecified atom stereocenters. The van der Waals surface area contributed by atoms with E-state index in [9.17, 15) is 18.0 Å². The SMILES string of the molecule is Cc1nc(C(C)OC(C)C)ccc1C(=O)Nc1ccc(Oc2cccc(OC(F)(F)F)c2)cc1. The minimum absolute atomic E-state index is 0.0594. The zero-order chi connectivity index (χ0) is 24.9. The molecule has 1 heterocycles. The number of halogens is 3. The van der Waals surface area contributed by atoms with Crippen molar-refractivity contribution in [1.29, 1.82) is 0 Å². The predicted molar refractivity (Wildman–Crippen MR) is 121 cm³/mol. The van der Waals surface area contributed by atoms with Gasteiger partial charge in [0.2, 0.25) is 0 Å². The standard InChI is InChI=1S/C25H25F3N2O4/c1-15(2)32-17(4)23-13-12-22(16(3)29-23)24(31)30-18-8-10-19(11-9-18)33-20-6-5-7-21(14-20)34-25(26,27)28/h5-15,17H,1-4H3,(H,30,31). The van der Waals surface area contributed by atoms with Crippen molar-refractivity contribution in [3.8, 4) is 17.2 Å². The van der Waals surface area contributed by atoms with Gasteiger partial charge in [-0.15, -0.1) is 13.2 Å². The van der Waals surface area contributed by atoms with Crippen molar-refractivity contribution in [2.75, 3.05) is 5.32 Å². The number of anilines is 1. The van der Waals surface area contributed by atoms with Crippen LogP contribution in [0.1, 0.15) is 48.6 Å². The Bertz CT molecular complexity index is 1130. The van der Waals surface area contributed by atoms with Crippen LogP contribution in [0, 0.1) is 6.92 Å². The van der Waals surface area contributed by atoms with E-state index in [0.29, 0.717) is 22.7 Å². The average molecular weight is 474 g/mol. The number of aryl methyl sites for hydroxylation is 1. The molecule has 9 heteroatoms. The molecule has 1 aromatic heterocycles. The first-order chi connectivity index (χ1) is 16.0. The lowest BCUT2D eigenvalue weighted by Crippen LogP contribution is -2.17. The maximum absolute atomic E-state index is 12.7. The van der Waals surface area contributed by atoms with Crippen LogP contribution in [0.5, 0.6) is 17.2 Å². The number of carbonyl (C=O) groups excluding carboxylic acids is 1. The van der Waals surface area contributed by atoms with Gasteiger partial charge in [0.05, 0.1) is 29.2 Å². The molecule has 0 bridgehead atoms. The van der Waals surface area contributed by atoms with Gasteiger partial charge < -0.3 is 19.5 Å². The van der Waals surface area contributed by atoms with Gasteiger partial charge in [0.1, 0.15) is 17.2 Å². The molecule has 1 atom stereocenters. The Balaban J connectivity index is 1.64. The topological polar surface area (TPSA) is 69.7 Å². The van der Waals surface area contributed by atoms with E-state index in [2.05, 4.69) is 15.0 Å². The molecule has 0 radical (unpaired) electrons. The summed E-state index contributed by atoms with van der Waals surface area (Å²) in [5.41, 5.74) is 2.28. The third-order valence-electron chi connectivity index (χ3n) is 4.63. The Hall–Kier alpha value is -3.59. The van der Waals surface area contributed by atoms with Crippen LogP contribution in [0.3, 0.4) is 0 Å². The summed E-state index contributed by atoms with van der Waals surface area (Å²) >= 11 is 0. The van der Waals surface area contributed by atoms with Crippen molar-refractivity contribution in [3.05, 3.63) is 77.6 Å². The zero-order valence-corrected chi connectivity index (χ0v) is 19.1. The summed E-state index contributed by atoms with van der Waals surface area (Å²) in [5.74, 6) is -0.145. The van der Waals surface area contributed by atoms with Crippen molar-refractivity contribution in [2.45, 2.75) is 46.3 Å². The fourth-order valence-electron chi connectivity index (χ4n) is 3.20. The highest BCUT2D eigenvalue weighted by Gasteiger charge is 2.31. The summed E-state index contributed by atoms with van der Waals surface area (Å²) in [5, 5.41) is 2.80. The number of rotatable bonds is 8. The first kappa shape index (κ1) is 25.0. The van der Waals surface area contributed by atoms with Gasteiger partial charge in [-0.05, 0) is 76.2 Å². The normalized spacial score (nSPS) is 12.4. The number of alkyl halides is 3. The van der Waals surface area contributed by atoms with Crippen molar-refractivity contribution >= 4 is 11.6 Å². The lowest BCUT2D eigenvalue weighted by molar-refractivity contribution is -0.274. The maximum Gasteiger partial charge on any atom is 0.573 e. The van der Waals surface area contributed by atoms with Gasteiger partial charge in [0.25, 0.3) is 5.91 Å². The Morgan fingerprint density at radius 2 is 1.62 bits per heavy atom. The number of benzene rings is 2. The number of hydrogen-bond donors (Lipinski definition) is 1. The summed E-state index contributed by atoms with van der Waals surface area (Å²) in [6.45, 7) is 7.56. The number of pyridine rings is 1. The average Bonchev–Trinajstić information content (AvgIpc) is 2.73. The fourth-order valence-corrected chi connectivity index (χ4v) is 3.20. The van der Waals surface area contributed by atoms with Crippen LogP contribution in [0.25, 0.3) is 0 Å². The maximum atomic E-state index is 12.7. The van der Waals surface area contributed by atoms with Crippen LogP contribution >= 0.6 is 0 Å². The molecular weight excluding hydrogens is 449 g/mol. The molecule has 34 heavy (non-hydrogen) atoms. The molecule has 0 spiro atoms. The molecule has 0 saturated carbocycles. The largest absolute Gasteiger partial charge is 0.573 e. The van der Waals surface area contributed by atoms with Gasteiger partial charge in [-0.1, -0.05) is 6.07 Å². The van der Waals surface area contributed by atoms with Crippen molar-refractivity contribution in [1.82, 2.24) is 4.98 Å². The summed E-state index contributed by atoms with van der Waals surface area (Å²) in [6.07, 6.45) is -4.92. The Morgan fingerprint density at radius 1 is 0.941 bits per heavy atom. The highest BCUT2D eigenvalue weighted by atomic mass is 19.4. The lowest BCUT2D eigenvalue weighted by Gasteiger charge is -2.17. The number of nitrogens with one attached hydrogen (secondary N) is 1. The lowest BCUT2D eigenvalue weighted by atomic mass is 10.1. The van der Waals surface area contributed by atoms with Gasteiger partial charge in [-0.3, -0.25) is 9.78 Å². The third-order valence-corrected chi connectivity index (χ3v) is 4.63. The van der Waals surface area contributed by atoms with Crippen molar-refractivity contribution in [3.63, 3.8) is 0 Å². The van der Waals surface area contributed by atoms with E-state index in [0.717, 1.165) is 11.8 Å². The quantitative estimate of drug-likeness (QED) is 0.388. The molecule has 2 aromatic carbocycles. The van der Waals surface area contributed by atoms with Gasteiger partial charge in [0.15, 0.2) is 0 Å². The molecular formula is C25H25F3N2O4. The van der Waals surface area contributed by atoms with Gasteiger partial charge in [-0.25, -0.2) is 0 Å². The number of amides is 1.